The molecule has 0 saturated heterocycles. The molecule has 0 heterocycles. The maximum absolute atomic E-state index is 12.6. The Bertz CT molecular complexity index is 706. The SMILES string of the molecule is N=CN(Cc1ccc(-c2ccc(C(F)(F)F)cc2)cc1)C(=N)CN. The number of nitrogens with two attached hydrogens (primary N) is 1. The third kappa shape index (κ3) is 4.20. The van der Waals surface area contributed by atoms with Crippen LogP contribution in [-0.4, -0.2) is 23.6 Å². The van der Waals surface area contributed by atoms with Crippen molar-refractivity contribution in [3.63, 3.8) is 0 Å². The summed E-state index contributed by atoms with van der Waals surface area (Å²) in [6.45, 7) is 0.381. The first kappa shape index (κ1) is 17.7. The fraction of sp³-hybridized carbons (Fsp3) is 0.176. The van der Waals surface area contributed by atoms with Crippen LogP contribution in [0.4, 0.5) is 13.2 Å². The van der Waals surface area contributed by atoms with Crippen molar-refractivity contribution in [2.24, 2.45) is 5.73 Å². The van der Waals surface area contributed by atoms with Crippen LogP contribution >= 0.6 is 0 Å². The summed E-state index contributed by atoms with van der Waals surface area (Å²) in [5.74, 6) is 0.136. The molecule has 126 valence electrons. The van der Waals surface area contributed by atoms with Gasteiger partial charge in [-0.15, -0.1) is 0 Å². The molecule has 0 unspecified atom stereocenters. The number of hydrogen-bond acceptors (Lipinski definition) is 3. The van der Waals surface area contributed by atoms with Crippen LogP contribution in [0.3, 0.4) is 0 Å². The zero-order valence-corrected chi connectivity index (χ0v) is 12.8. The Kier molecular flexibility index (Phi) is 5.35. The summed E-state index contributed by atoms with van der Waals surface area (Å²) in [5.41, 5.74) is 7.07. The van der Waals surface area contributed by atoms with E-state index in [2.05, 4.69) is 0 Å². The molecule has 4 N–H and O–H groups in total. The molecule has 0 atom stereocenters. The maximum atomic E-state index is 12.6. The highest BCUT2D eigenvalue weighted by atomic mass is 19.4. The van der Waals surface area contributed by atoms with E-state index < -0.39 is 11.7 Å². The van der Waals surface area contributed by atoms with E-state index in [1.54, 1.807) is 12.1 Å². The van der Waals surface area contributed by atoms with Gasteiger partial charge in [0.25, 0.3) is 0 Å². The van der Waals surface area contributed by atoms with Gasteiger partial charge in [0.2, 0.25) is 0 Å². The molecule has 0 aliphatic rings. The number of nitrogens with one attached hydrogen (secondary N) is 2. The standard InChI is InChI=1S/C17H17F3N4/c18-17(19,20)15-7-5-14(6-8-15)13-3-1-12(2-4-13)10-24(11-22)16(23)9-21/h1-8,11,22-23H,9-10,21H2. The molecule has 2 aromatic rings. The molecular formula is C17H17F3N4. The lowest BCUT2D eigenvalue weighted by molar-refractivity contribution is -0.137. The predicted octanol–water partition coefficient (Wildman–Crippen LogP) is 3.72. The summed E-state index contributed by atoms with van der Waals surface area (Å²) in [7, 11) is 0. The smallest absolute Gasteiger partial charge is 0.324 e. The topological polar surface area (TPSA) is 77.0 Å². The molecule has 0 bridgehead atoms. The van der Waals surface area contributed by atoms with Gasteiger partial charge in [0, 0.05) is 0 Å². The molecule has 2 rings (SSSR count). The molecule has 0 radical (unpaired) electrons. The molecular weight excluding hydrogens is 317 g/mol. The number of amidine groups is 1. The van der Waals surface area contributed by atoms with Crippen LogP contribution in [0, 0.1) is 10.8 Å². The van der Waals surface area contributed by atoms with Crippen LogP contribution in [0.15, 0.2) is 48.5 Å². The van der Waals surface area contributed by atoms with E-state index >= 15 is 0 Å². The second-order valence-electron chi connectivity index (χ2n) is 5.18. The second-order valence-corrected chi connectivity index (χ2v) is 5.18. The number of alkyl halides is 3. The van der Waals surface area contributed by atoms with Crippen molar-refractivity contribution in [2.45, 2.75) is 12.7 Å². The molecule has 2 aromatic carbocycles. The van der Waals surface area contributed by atoms with Crippen molar-refractivity contribution in [2.75, 3.05) is 6.54 Å². The van der Waals surface area contributed by atoms with Gasteiger partial charge in [-0.05, 0) is 28.8 Å². The lowest BCUT2D eigenvalue weighted by atomic mass is 10.0. The summed E-state index contributed by atoms with van der Waals surface area (Å²) in [5, 5.41) is 15.0. The van der Waals surface area contributed by atoms with E-state index in [0.29, 0.717) is 12.1 Å². The van der Waals surface area contributed by atoms with E-state index in [1.807, 2.05) is 12.1 Å². The summed E-state index contributed by atoms with van der Waals surface area (Å²) in [4.78, 5) is 1.41. The minimum absolute atomic E-state index is 0.0407. The van der Waals surface area contributed by atoms with Crippen LogP contribution in [0.1, 0.15) is 11.1 Å². The highest BCUT2D eigenvalue weighted by Gasteiger charge is 2.29. The number of hydrogen-bond donors (Lipinski definition) is 3. The lowest BCUT2D eigenvalue weighted by Gasteiger charge is -2.18. The van der Waals surface area contributed by atoms with Crippen molar-refractivity contribution in [3.8, 4) is 11.1 Å². The molecule has 0 aromatic heterocycles. The minimum atomic E-state index is -4.34. The predicted molar refractivity (Wildman–Crippen MR) is 88.0 cm³/mol. The maximum Gasteiger partial charge on any atom is 0.416 e. The highest BCUT2D eigenvalue weighted by Crippen LogP contribution is 2.31. The molecule has 4 nitrogen and oxygen atoms in total. The number of benzene rings is 2. The van der Waals surface area contributed by atoms with Gasteiger partial charge in [-0.25, -0.2) is 0 Å². The zero-order chi connectivity index (χ0) is 17.7. The molecule has 0 saturated carbocycles. The first-order chi connectivity index (χ1) is 11.3. The van der Waals surface area contributed by atoms with Crippen molar-refractivity contribution < 1.29 is 13.2 Å². The van der Waals surface area contributed by atoms with Crippen molar-refractivity contribution in [3.05, 3.63) is 59.7 Å². The van der Waals surface area contributed by atoms with Gasteiger partial charge >= 0.3 is 6.18 Å². The average Bonchev–Trinajstić information content (AvgIpc) is 2.59. The minimum Gasteiger partial charge on any atom is -0.324 e. The highest BCUT2D eigenvalue weighted by molar-refractivity contribution is 5.90. The molecule has 0 fully saturated rings. The molecule has 7 heteroatoms. The fourth-order valence-corrected chi connectivity index (χ4v) is 2.19. The Balaban J connectivity index is 2.14. The van der Waals surface area contributed by atoms with Gasteiger partial charge in [0.05, 0.1) is 25.0 Å². The largest absolute Gasteiger partial charge is 0.416 e. The summed E-state index contributed by atoms with van der Waals surface area (Å²) < 4.78 is 37.7. The third-order valence-electron chi connectivity index (χ3n) is 3.55. The molecule has 0 spiro atoms. The lowest BCUT2D eigenvalue weighted by Crippen LogP contribution is -2.33. The van der Waals surface area contributed by atoms with Crippen LogP contribution in [0.5, 0.6) is 0 Å². The Morgan fingerprint density at radius 2 is 1.50 bits per heavy atom. The first-order valence-electron chi connectivity index (χ1n) is 7.16. The van der Waals surface area contributed by atoms with Crippen LogP contribution in [0.25, 0.3) is 11.1 Å². The van der Waals surface area contributed by atoms with Gasteiger partial charge < -0.3 is 10.6 Å². The molecule has 0 aliphatic carbocycles. The van der Waals surface area contributed by atoms with Crippen LogP contribution in [-0.2, 0) is 12.7 Å². The van der Waals surface area contributed by atoms with Crippen molar-refractivity contribution >= 4 is 12.2 Å². The molecule has 24 heavy (non-hydrogen) atoms. The van der Waals surface area contributed by atoms with Crippen LogP contribution < -0.4 is 5.73 Å². The van der Waals surface area contributed by atoms with Crippen molar-refractivity contribution in [1.82, 2.24) is 4.90 Å². The fourth-order valence-electron chi connectivity index (χ4n) is 2.19. The van der Waals surface area contributed by atoms with Gasteiger partial charge in [0.15, 0.2) is 0 Å². The Labute approximate surface area is 137 Å². The van der Waals surface area contributed by atoms with Gasteiger partial charge in [-0.1, -0.05) is 36.4 Å². The van der Waals surface area contributed by atoms with E-state index in [0.717, 1.165) is 29.6 Å². The van der Waals surface area contributed by atoms with E-state index in [9.17, 15) is 13.2 Å². The van der Waals surface area contributed by atoms with E-state index in [4.69, 9.17) is 16.6 Å². The Hall–Kier alpha value is -2.67. The summed E-state index contributed by atoms with van der Waals surface area (Å²) in [6, 6.07) is 12.2. The third-order valence-corrected chi connectivity index (χ3v) is 3.55. The van der Waals surface area contributed by atoms with E-state index in [1.165, 1.54) is 17.0 Å². The quantitative estimate of drug-likeness (QED) is 0.576. The number of halogens is 3. The zero-order valence-electron chi connectivity index (χ0n) is 12.8. The first-order valence-corrected chi connectivity index (χ1v) is 7.16. The van der Waals surface area contributed by atoms with Crippen molar-refractivity contribution in [1.29, 1.82) is 10.8 Å². The number of rotatable bonds is 5. The summed E-state index contributed by atoms with van der Waals surface area (Å²) in [6.07, 6.45) is -3.30. The van der Waals surface area contributed by atoms with Crippen LogP contribution in [0.2, 0.25) is 0 Å². The Morgan fingerprint density at radius 1 is 1.00 bits per heavy atom. The van der Waals surface area contributed by atoms with Gasteiger partial charge in [-0.2, -0.15) is 13.2 Å². The molecule has 0 amide bonds. The second kappa shape index (κ2) is 7.27. The molecule has 0 aliphatic heterocycles. The average molecular weight is 334 g/mol. The van der Waals surface area contributed by atoms with E-state index in [-0.39, 0.29) is 12.4 Å². The Morgan fingerprint density at radius 3 is 1.92 bits per heavy atom. The number of nitrogens with zero attached hydrogens (tertiary/aromatic N) is 1. The monoisotopic (exact) mass is 334 g/mol. The van der Waals surface area contributed by atoms with Gasteiger partial charge in [-0.3, -0.25) is 10.8 Å². The van der Waals surface area contributed by atoms with Gasteiger partial charge in [0.1, 0.15) is 5.84 Å². The normalized spacial score (nSPS) is 11.2. The summed E-state index contributed by atoms with van der Waals surface area (Å²) >= 11 is 0.